The Morgan fingerprint density at radius 2 is 2.29 bits per heavy atom. The highest BCUT2D eigenvalue weighted by molar-refractivity contribution is 5.87. The van der Waals surface area contributed by atoms with Crippen LogP contribution in [-0.4, -0.2) is 17.2 Å². The Hall–Kier alpha value is -1.55. The molecule has 0 amide bonds. The summed E-state index contributed by atoms with van der Waals surface area (Å²) in [5.41, 5.74) is 0.941. The van der Waals surface area contributed by atoms with Gasteiger partial charge in [0.25, 0.3) is 0 Å². The molecule has 0 fully saturated rings. The number of nitrogens with one attached hydrogen (secondary N) is 1. The number of hydrogen-bond acceptors (Lipinski definition) is 2. The number of H-pyrrole nitrogens is 1. The van der Waals surface area contributed by atoms with Crippen LogP contribution < -0.4 is 4.74 Å². The summed E-state index contributed by atoms with van der Waals surface area (Å²) in [7, 11) is 1.53. The van der Waals surface area contributed by atoms with Crippen molar-refractivity contribution in [1.29, 1.82) is 0 Å². The zero-order valence-electron chi connectivity index (χ0n) is 7.67. The Morgan fingerprint density at radius 3 is 2.93 bits per heavy atom. The average Bonchev–Trinajstić information content (AvgIpc) is 2.63. The summed E-state index contributed by atoms with van der Waals surface area (Å²) in [5, 5.41) is 9.55. The fourth-order valence-electron chi connectivity index (χ4n) is 1.48. The second-order valence-electron chi connectivity index (χ2n) is 2.99. The van der Waals surface area contributed by atoms with Crippen molar-refractivity contribution in [3.05, 3.63) is 29.7 Å². The van der Waals surface area contributed by atoms with Crippen molar-refractivity contribution in [2.75, 3.05) is 7.11 Å². The van der Waals surface area contributed by atoms with Crippen molar-refractivity contribution in [2.45, 2.75) is 6.61 Å². The first-order chi connectivity index (χ1) is 6.76. The third-order valence-corrected chi connectivity index (χ3v) is 2.15. The lowest BCUT2D eigenvalue weighted by Crippen LogP contribution is -1.85. The van der Waals surface area contributed by atoms with Gasteiger partial charge in [0.05, 0.1) is 19.2 Å². The standard InChI is InChI=1S/C10H10FNO2/c1-14-9-3-2-8(11)10-7(9)4-6(5-13)12-10/h2-4,12-13H,5H2,1H3. The van der Waals surface area contributed by atoms with E-state index in [1.165, 1.54) is 13.2 Å². The van der Waals surface area contributed by atoms with Gasteiger partial charge >= 0.3 is 0 Å². The summed E-state index contributed by atoms with van der Waals surface area (Å²) in [6.07, 6.45) is 0. The molecule has 2 aromatic rings. The molecular weight excluding hydrogens is 185 g/mol. The molecule has 0 saturated heterocycles. The molecule has 0 aliphatic carbocycles. The molecule has 0 spiro atoms. The molecule has 1 aromatic carbocycles. The zero-order valence-corrected chi connectivity index (χ0v) is 7.67. The summed E-state index contributed by atoms with van der Waals surface area (Å²) in [4.78, 5) is 2.78. The Kier molecular flexibility index (Phi) is 2.13. The minimum atomic E-state index is -0.347. The molecule has 2 rings (SSSR count). The van der Waals surface area contributed by atoms with Crippen LogP contribution in [0.4, 0.5) is 4.39 Å². The van der Waals surface area contributed by atoms with Crippen LogP contribution in [0.2, 0.25) is 0 Å². The van der Waals surface area contributed by atoms with Gasteiger partial charge in [0.1, 0.15) is 11.6 Å². The molecule has 1 heterocycles. The van der Waals surface area contributed by atoms with Crippen molar-refractivity contribution in [3.63, 3.8) is 0 Å². The lowest BCUT2D eigenvalue weighted by Gasteiger charge is -2.00. The van der Waals surface area contributed by atoms with Gasteiger partial charge < -0.3 is 14.8 Å². The van der Waals surface area contributed by atoms with Gasteiger partial charge in [0.2, 0.25) is 0 Å². The van der Waals surface area contributed by atoms with Crippen LogP contribution in [0.25, 0.3) is 10.9 Å². The van der Waals surface area contributed by atoms with Crippen molar-refractivity contribution < 1.29 is 14.2 Å². The number of aliphatic hydroxyl groups excluding tert-OH is 1. The van der Waals surface area contributed by atoms with E-state index in [0.717, 1.165) is 0 Å². The molecule has 14 heavy (non-hydrogen) atoms. The first-order valence-corrected chi connectivity index (χ1v) is 4.21. The molecule has 0 saturated carbocycles. The van der Waals surface area contributed by atoms with Crippen molar-refractivity contribution in [2.24, 2.45) is 0 Å². The fraction of sp³-hybridized carbons (Fsp3) is 0.200. The number of methoxy groups -OCH3 is 1. The Morgan fingerprint density at radius 1 is 1.50 bits per heavy atom. The normalized spacial score (nSPS) is 10.8. The molecule has 0 unspecified atom stereocenters. The third kappa shape index (κ3) is 1.24. The summed E-state index contributed by atoms with van der Waals surface area (Å²) in [6, 6.07) is 4.57. The van der Waals surface area contributed by atoms with E-state index in [1.54, 1.807) is 12.1 Å². The van der Waals surface area contributed by atoms with Gasteiger partial charge in [-0.3, -0.25) is 0 Å². The third-order valence-electron chi connectivity index (χ3n) is 2.15. The smallest absolute Gasteiger partial charge is 0.147 e. The number of aromatic nitrogens is 1. The maximum Gasteiger partial charge on any atom is 0.147 e. The van der Waals surface area contributed by atoms with E-state index in [-0.39, 0.29) is 12.4 Å². The Bertz CT molecular complexity index is 464. The van der Waals surface area contributed by atoms with Crippen LogP contribution in [0.15, 0.2) is 18.2 Å². The zero-order chi connectivity index (χ0) is 10.1. The number of aliphatic hydroxyl groups is 1. The molecule has 74 valence electrons. The maximum atomic E-state index is 13.3. The molecule has 0 bridgehead atoms. The highest BCUT2D eigenvalue weighted by Crippen LogP contribution is 2.28. The van der Waals surface area contributed by atoms with E-state index >= 15 is 0 Å². The maximum absolute atomic E-state index is 13.3. The lowest BCUT2D eigenvalue weighted by molar-refractivity contribution is 0.278. The van der Waals surface area contributed by atoms with Crippen molar-refractivity contribution >= 4 is 10.9 Å². The van der Waals surface area contributed by atoms with E-state index in [1.807, 2.05) is 0 Å². The van der Waals surface area contributed by atoms with E-state index in [0.29, 0.717) is 22.3 Å². The first kappa shape index (κ1) is 9.02. The molecule has 2 N–H and O–H groups in total. The van der Waals surface area contributed by atoms with Crippen LogP contribution in [0, 0.1) is 5.82 Å². The quantitative estimate of drug-likeness (QED) is 0.767. The molecule has 0 atom stereocenters. The molecule has 0 aliphatic heterocycles. The number of aromatic amines is 1. The number of benzene rings is 1. The van der Waals surface area contributed by atoms with Gasteiger partial charge in [0.15, 0.2) is 0 Å². The SMILES string of the molecule is COc1ccc(F)c2[nH]c(CO)cc12. The van der Waals surface area contributed by atoms with Gasteiger partial charge in [0, 0.05) is 11.1 Å². The number of ether oxygens (including phenoxy) is 1. The van der Waals surface area contributed by atoms with Gasteiger partial charge in [-0.25, -0.2) is 4.39 Å². The van der Waals surface area contributed by atoms with Crippen LogP contribution >= 0.6 is 0 Å². The molecule has 0 aliphatic rings. The lowest BCUT2D eigenvalue weighted by atomic mass is 10.2. The topological polar surface area (TPSA) is 45.2 Å². The fourth-order valence-corrected chi connectivity index (χ4v) is 1.48. The van der Waals surface area contributed by atoms with Crippen LogP contribution in [-0.2, 0) is 6.61 Å². The first-order valence-electron chi connectivity index (χ1n) is 4.21. The average molecular weight is 195 g/mol. The molecule has 4 heteroatoms. The van der Waals surface area contributed by atoms with E-state index in [4.69, 9.17) is 9.84 Å². The van der Waals surface area contributed by atoms with Gasteiger partial charge in [-0.1, -0.05) is 0 Å². The number of fused-ring (bicyclic) bond motifs is 1. The predicted octanol–water partition coefficient (Wildman–Crippen LogP) is 1.81. The highest BCUT2D eigenvalue weighted by atomic mass is 19.1. The molecule has 0 radical (unpaired) electrons. The van der Waals surface area contributed by atoms with E-state index < -0.39 is 0 Å². The Labute approximate surface area is 80.1 Å². The minimum Gasteiger partial charge on any atom is -0.496 e. The Balaban J connectivity index is 2.74. The summed E-state index contributed by atoms with van der Waals surface area (Å²) in [5.74, 6) is 0.248. The second kappa shape index (κ2) is 3.31. The second-order valence-corrected chi connectivity index (χ2v) is 2.99. The van der Waals surface area contributed by atoms with Crippen LogP contribution in [0.3, 0.4) is 0 Å². The van der Waals surface area contributed by atoms with Crippen molar-refractivity contribution in [3.8, 4) is 5.75 Å². The molecular formula is C10H10FNO2. The minimum absolute atomic E-state index is 0.142. The number of halogens is 1. The molecule has 3 nitrogen and oxygen atoms in total. The van der Waals surface area contributed by atoms with Gasteiger partial charge in [-0.05, 0) is 18.2 Å². The van der Waals surface area contributed by atoms with Gasteiger partial charge in [-0.15, -0.1) is 0 Å². The number of rotatable bonds is 2. The van der Waals surface area contributed by atoms with Crippen molar-refractivity contribution in [1.82, 2.24) is 4.98 Å². The van der Waals surface area contributed by atoms with Crippen LogP contribution in [0.1, 0.15) is 5.69 Å². The van der Waals surface area contributed by atoms with Crippen LogP contribution in [0.5, 0.6) is 5.75 Å². The summed E-state index contributed by atoms with van der Waals surface area (Å²) >= 11 is 0. The summed E-state index contributed by atoms with van der Waals surface area (Å²) < 4.78 is 18.4. The predicted molar refractivity (Wildman–Crippen MR) is 50.7 cm³/mol. The van der Waals surface area contributed by atoms with E-state index in [2.05, 4.69) is 4.98 Å². The van der Waals surface area contributed by atoms with E-state index in [9.17, 15) is 4.39 Å². The molecule has 1 aromatic heterocycles. The van der Waals surface area contributed by atoms with Gasteiger partial charge in [-0.2, -0.15) is 0 Å². The highest BCUT2D eigenvalue weighted by Gasteiger charge is 2.09. The summed E-state index contributed by atoms with van der Waals surface area (Å²) in [6.45, 7) is -0.142. The number of hydrogen-bond donors (Lipinski definition) is 2. The largest absolute Gasteiger partial charge is 0.496 e. The monoisotopic (exact) mass is 195 g/mol.